The van der Waals surface area contributed by atoms with E-state index < -0.39 is 0 Å². The molecule has 19 heavy (non-hydrogen) atoms. The van der Waals surface area contributed by atoms with Crippen LogP contribution in [0.25, 0.3) is 0 Å². The zero-order valence-electron chi connectivity index (χ0n) is 11.2. The third-order valence-electron chi connectivity index (χ3n) is 3.27. The SMILES string of the molecule is C/C=C/C=CC(=O)N1CSCC1C(=O)NCC1CC1. The first kappa shape index (κ1) is 14.2. The molecule has 1 aliphatic heterocycles. The lowest BCUT2D eigenvalue weighted by Gasteiger charge is -2.21. The highest BCUT2D eigenvalue weighted by Crippen LogP contribution is 2.28. The third-order valence-corrected chi connectivity index (χ3v) is 4.28. The van der Waals surface area contributed by atoms with E-state index in [1.54, 1.807) is 22.7 Å². The van der Waals surface area contributed by atoms with E-state index in [4.69, 9.17) is 0 Å². The van der Waals surface area contributed by atoms with Crippen LogP contribution in [-0.2, 0) is 9.59 Å². The van der Waals surface area contributed by atoms with Crippen LogP contribution in [0.1, 0.15) is 19.8 Å². The topological polar surface area (TPSA) is 49.4 Å². The first-order chi connectivity index (χ1) is 9.22. The molecule has 0 aromatic carbocycles. The van der Waals surface area contributed by atoms with Gasteiger partial charge in [0.2, 0.25) is 11.8 Å². The first-order valence-corrected chi connectivity index (χ1v) is 7.83. The van der Waals surface area contributed by atoms with Crippen LogP contribution in [0.5, 0.6) is 0 Å². The van der Waals surface area contributed by atoms with E-state index in [0.29, 0.717) is 17.5 Å². The van der Waals surface area contributed by atoms with Crippen LogP contribution < -0.4 is 5.32 Å². The van der Waals surface area contributed by atoms with Crippen molar-refractivity contribution in [3.63, 3.8) is 0 Å². The van der Waals surface area contributed by atoms with E-state index in [0.717, 1.165) is 6.54 Å². The molecule has 0 aromatic heterocycles. The van der Waals surface area contributed by atoms with Gasteiger partial charge >= 0.3 is 0 Å². The van der Waals surface area contributed by atoms with Crippen LogP contribution in [0.15, 0.2) is 24.3 Å². The standard InChI is InChI=1S/C14H20N2O2S/c1-2-3-4-5-13(17)16-10-19-9-12(16)14(18)15-8-11-6-7-11/h2-5,11-12H,6-10H2,1H3,(H,15,18)/b3-2+,5-4?. The summed E-state index contributed by atoms with van der Waals surface area (Å²) in [6, 6.07) is -0.313. The summed E-state index contributed by atoms with van der Waals surface area (Å²) < 4.78 is 0. The van der Waals surface area contributed by atoms with Crippen LogP contribution in [-0.4, -0.2) is 40.9 Å². The lowest BCUT2D eigenvalue weighted by Crippen LogP contribution is -2.47. The molecule has 2 amide bonds. The predicted molar refractivity (Wildman–Crippen MR) is 77.6 cm³/mol. The van der Waals surface area contributed by atoms with Gasteiger partial charge in [0, 0.05) is 18.4 Å². The fraction of sp³-hybridized carbons (Fsp3) is 0.571. The molecule has 0 bridgehead atoms. The van der Waals surface area contributed by atoms with Gasteiger partial charge in [0.1, 0.15) is 6.04 Å². The van der Waals surface area contributed by atoms with Crippen molar-refractivity contribution in [2.24, 2.45) is 5.92 Å². The normalized spacial score (nSPS) is 23.4. The second-order valence-electron chi connectivity index (χ2n) is 4.90. The number of nitrogens with zero attached hydrogens (tertiary/aromatic N) is 1. The lowest BCUT2D eigenvalue weighted by molar-refractivity contribution is -0.134. The predicted octanol–water partition coefficient (Wildman–Crippen LogP) is 1.55. The van der Waals surface area contributed by atoms with Gasteiger partial charge in [-0.25, -0.2) is 0 Å². The van der Waals surface area contributed by atoms with Crippen LogP contribution in [0.2, 0.25) is 0 Å². The summed E-state index contributed by atoms with van der Waals surface area (Å²) in [4.78, 5) is 25.7. The number of thioether (sulfide) groups is 1. The van der Waals surface area contributed by atoms with E-state index in [1.165, 1.54) is 18.9 Å². The quantitative estimate of drug-likeness (QED) is 0.614. The van der Waals surface area contributed by atoms with Crippen LogP contribution in [0.4, 0.5) is 0 Å². The van der Waals surface area contributed by atoms with Crippen LogP contribution in [0.3, 0.4) is 0 Å². The molecule has 0 aromatic rings. The van der Waals surface area contributed by atoms with Crippen molar-refractivity contribution >= 4 is 23.6 Å². The molecular formula is C14H20N2O2S. The van der Waals surface area contributed by atoms with Gasteiger partial charge in [-0.2, -0.15) is 0 Å². The maximum atomic E-state index is 12.1. The van der Waals surface area contributed by atoms with Crippen molar-refractivity contribution in [2.75, 3.05) is 18.2 Å². The van der Waals surface area contributed by atoms with Gasteiger partial charge < -0.3 is 10.2 Å². The van der Waals surface area contributed by atoms with Crippen molar-refractivity contribution in [1.29, 1.82) is 0 Å². The lowest BCUT2D eigenvalue weighted by atomic mass is 10.2. The van der Waals surface area contributed by atoms with Gasteiger partial charge in [0.25, 0.3) is 0 Å². The molecule has 2 aliphatic rings. The van der Waals surface area contributed by atoms with Crippen molar-refractivity contribution < 1.29 is 9.59 Å². The molecule has 2 rings (SSSR count). The Hall–Kier alpha value is -1.23. The van der Waals surface area contributed by atoms with Gasteiger partial charge in [-0.3, -0.25) is 9.59 Å². The highest BCUT2D eigenvalue weighted by Gasteiger charge is 2.34. The van der Waals surface area contributed by atoms with Crippen LogP contribution >= 0.6 is 11.8 Å². The molecule has 0 radical (unpaired) electrons. The van der Waals surface area contributed by atoms with Gasteiger partial charge in [0.15, 0.2) is 0 Å². The molecule has 1 N–H and O–H groups in total. The molecule has 1 saturated carbocycles. The van der Waals surface area contributed by atoms with Crippen LogP contribution in [0, 0.1) is 5.92 Å². The molecule has 104 valence electrons. The van der Waals surface area contributed by atoms with Crippen molar-refractivity contribution in [2.45, 2.75) is 25.8 Å². The number of carbonyl (C=O) groups excluding carboxylic acids is 2. The summed E-state index contributed by atoms with van der Waals surface area (Å²) in [7, 11) is 0. The molecular weight excluding hydrogens is 260 g/mol. The minimum absolute atomic E-state index is 0.00955. The second-order valence-corrected chi connectivity index (χ2v) is 5.90. The average molecular weight is 280 g/mol. The molecule has 1 unspecified atom stereocenters. The number of nitrogens with one attached hydrogen (secondary N) is 1. The summed E-state index contributed by atoms with van der Waals surface area (Å²) in [6.07, 6.45) is 9.34. The van der Waals surface area contributed by atoms with Crippen molar-refractivity contribution in [3.8, 4) is 0 Å². The number of hydrogen-bond donors (Lipinski definition) is 1. The smallest absolute Gasteiger partial charge is 0.247 e. The Balaban J connectivity index is 1.87. The molecule has 1 atom stereocenters. The first-order valence-electron chi connectivity index (χ1n) is 6.67. The van der Waals surface area contributed by atoms with Gasteiger partial charge in [-0.1, -0.05) is 18.2 Å². The zero-order chi connectivity index (χ0) is 13.7. The monoisotopic (exact) mass is 280 g/mol. The Morgan fingerprint density at radius 3 is 2.84 bits per heavy atom. The molecule has 1 aliphatic carbocycles. The second kappa shape index (κ2) is 6.80. The number of allylic oxidation sites excluding steroid dienone is 3. The highest BCUT2D eigenvalue weighted by atomic mass is 32.2. The largest absolute Gasteiger partial charge is 0.354 e. The molecule has 5 heteroatoms. The average Bonchev–Trinajstić information content (AvgIpc) is 3.10. The molecule has 4 nitrogen and oxygen atoms in total. The Kier molecular flexibility index (Phi) is 5.07. The summed E-state index contributed by atoms with van der Waals surface area (Å²) in [5.41, 5.74) is 0. The van der Waals surface area contributed by atoms with Gasteiger partial charge in [-0.15, -0.1) is 11.8 Å². The maximum absolute atomic E-state index is 12.1. The van der Waals surface area contributed by atoms with Gasteiger partial charge in [0.05, 0.1) is 5.88 Å². The van der Waals surface area contributed by atoms with E-state index in [9.17, 15) is 9.59 Å². The molecule has 1 saturated heterocycles. The Morgan fingerprint density at radius 2 is 2.16 bits per heavy atom. The van der Waals surface area contributed by atoms with Crippen molar-refractivity contribution in [3.05, 3.63) is 24.3 Å². The number of rotatable bonds is 5. The minimum Gasteiger partial charge on any atom is -0.354 e. The summed E-state index contributed by atoms with van der Waals surface area (Å²) in [5, 5.41) is 2.95. The summed E-state index contributed by atoms with van der Waals surface area (Å²) >= 11 is 1.63. The fourth-order valence-corrected chi connectivity index (χ4v) is 3.07. The maximum Gasteiger partial charge on any atom is 0.247 e. The Morgan fingerprint density at radius 1 is 1.37 bits per heavy atom. The molecule has 1 heterocycles. The highest BCUT2D eigenvalue weighted by molar-refractivity contribution is 7.99. The number of carbonyl (C=O) groups is 2. The van der Waals surface area contributed by atoms with E-state index in [2.05, 4.69) is 5.32 Å². The van der Waals surface area contributed by atoms with E-state index >= 15 is 0 Å². The number of hydrogen-bond acceptors (Lipinski definition) is 3. The summed E-state index contributed by atoms with van der Waals surface area (Å²) in [6.45, 7) is 2.66. The molecule has 0 spiro atoms. The number of amides is 2. The third kappa shape index (κ3) is 4.13. The zero-order valence-corrected chi connectivity index (χ0v) is 12.0. The van der Waals surface area contributed by atoms with E-state index in [-0.39, 0.29) is 17.9 Å². The fourth-order valence-electron chi connectivity index (χ4n) is 1.91. The Labute approximate surface area is 118 Å². The molecule has 2 fully saturated rings. The minimum atomic E-state index is -0.313. The summed E-state index contributed by atoms with van der Waals surface area (Å²) in [5.74, 6) is 1.86. The van der Waals surface area contributed by atoms with Crippen molar-refractivity contribution in [1.82, 2.24) is 10.2 Å². The Bertz CT molecular complexity index is 402. The van der Waals surface area contributed by atoms with Gasteiger partial charge in [-0.05, 0) is 25.7 Å². The van der Waals surface area contributed by atoms with E-state index in [1.807, 2.05) is 19.1 Å².